The quantitative estimate of drug-likeness (QED) is 0.926. The molecule has 1 aromatic rings. The van der Waals surface area contributed by atoms with Crippen LogP contribution in [0.4, 0.5) is 0 Å². The fraction of sp³-hybridized carbons (Fsp3) is 0.588. The lowest BCUT2D eigenvalue weighted by atomic mass is 9.64. The first-order valence-corrected chi connectivity index (χ1v) is 7.79. The van der Waals surface area contributed by atoms with E-state index in [4.69, 9.17) is 4.74 Å². The van der Waals surface area contributed by atoms with Crippen LogP contribution in [-0.2, 0) is 10.2 Å². The molecule has 1 saturated carbocycles. The average Bonchev–Trinajstić information content (AvgIpc) is 2.39. The number of nitrogens with zero attached hydrogens (tertiary/aromatic N) is 1. The SMILES string of the molecule is CN1CCCC(Oc2ccc(C3(C(=O)O)CCC3)cc2)C1. The molecule has 1 aliphatic heterocycles. The summed E-state index contributed by atoms with van der Waals surface area (Å²) in [5, 5.41) is 9.46. The second kappa shape index (κ2) is 5.68. The maximum atomic E-state index is 11.5. The predicted octanol–water partition coefficient (Wildman–Crippen LogP) is 2.67. The van der Waals surface area contributed by atoms with Crippen LogP contribution in [0.25, 0.3) is 0 Å². The van der Waals surface area contributed by atoms with Crippen LogP contribution in [0.3, 0.4) is 0 Å². The molecule has 1 aromatic carbocycles. The van der Waals surface area contributed by atoms with Gasteiger partial charge in [0.2, 0.25) is 0 Å². The molecule has 1 heterocycles. The summed E-state index contributed by atoms with van der Waals surface area (Å²) in [6.45, 7) is 2.10. The third-order valence-electron chi connectivity index (χ3n) is 4.91. The smallest absolute Gasteiger partial charge is 0.314 e. The summed E-state index contributed by atoms with van der Waals surface area (Å²) in [6.07, 6.45) is 4.99. The minimum Gasteiger partial charge on any atom is -0.489 e. The zero-order valence-electron chi connectivity index (χ0n) is 12.5. The van der Waals surface area contributed by atoms with Crippen LogP contribution in [0.1, 0.15) is 37.7 Å². The number of carbonyl (C=O) groups is 1. The van der Waals surface area contributed by atoms with Crippen molar-refractivity contribution in [3.05, 3.63) is 29.8 Å². The highest BCUT2D eigenvalue weighted by Gasteiger charge is 2.45. The van der Waals surface area contributed by atoms with Gasteiger partial charge >= 0.3 is 5.97 Å². The van der Waals surface area contributed by atoms with Crippen molar-refractivity contribution in [1.82, 2.24) is 4.90 Å². The van der Waals surface area contributed by atoms with Gasteiger partial charge in [0, 0.05) is 6.54 Å². The lowest BCUT2D eigenvalue weighted by molar-refractivity contribution is -0.147. The molecule has 2 aliphatic rings. The minimum atomic E-state index is -0.698. The van der Waals surface area contributed by atoms with E-state index in [9.17, 15) is 9.90 Å². The van der Waals surface area contributed by atoms with Crippen molar-refractivity contribution in [3.8, 4) is 5.75 Å². The zero-order valence-corrected chi connectivity index (χ0v) is 12.5. The lowest BCUT2D eigenvalue weighted by Gasteiger charge is -2.38. The van der Waals surface area contributed by atoms with Gasteiger partial charge < -0.3 is 14.7 Å². The first kappa shape index (κ1) is 14.4. The molecule has 1 aliphatic carbocycles. The predicted molar refractivity (Wildman–Crippen MR) is 80.8 cm³/mol. The normalized spacial score (nSPS) is 25.1. The Balaban J connectivity index is 1.68. The molecule has 0 amide bonds. The van der Waals surface area contributed by atoms with Crippen LogP contribution in [0.2, 0.25) is 0 Å². The number of hydrogen-bond donors (Lipinski definition) is 1. The van der Waals surface area contributed by atoms with Crippen LogP contribution in [0, 0.1) is 0 Å². The van der Waals surface area contributed by atoms with Gasteiger partial charge in [-0.05, 0) is 57.0 Å². The summed E-state index contributed by atoms with van der Waals surface area (Å²) >= 11 is 0. The molecule has 0 aromatic heterocycles. The van der Waals surface area contributed by atoms with E-state index in [2.05, 4.69) is 11.9 Å². The molecule has 1 atom stereocenters. The van der Waals surface area contributed by atoms with Crippen LogP contribution in [-0.4, -0.2) is 42.2 Å². The molecule has 4 heteroatoms. The molecule has 1 N–H and O–H groups in total. The van der Waals surface area contributed by atoms with Gasteiger partial charge in [-0.2, -0.15) is 0 Å². The van der Waals surface area contributed by atoms with E-state index in [0.29, 0.717) is 0 Å². The lowest BCUT2D eigenvalue weighted by Crippen LogP contribution is -2.42. The summed E-state index contributed by atoms with van der Waals surface area (Å²) in [6, 6.07) is 7.70. The van der Waals surface area contributed by atoms with Gasteiger partial charge in [-0.1, -0.05) is 18.6 Å². The summed E-state index contributed by atoms with van der Waals surface area (Å²) in [5.74, 6) is 0.148. The maximum Gasteiger partial charge on any atom is 0.314 e. The molecule has 0 radical (unpaired) electrons. The number of likely N-dealkylation sites (N-methyl/N-ethyl adjacent to an activating group) is 1. The standard InChI is InChI=1S/C17H23NO3/c1-18-11-2-4-15(12-18)21-14-7-5-13(6-8-14)17(16(19)20)9-3-10-17/h5-8,15H,2-4,9-12H2,1H3,(H,19,20). The van der Waals surface area contributed by atoms with E-state index >= 15 is 0 Å². The maximum absolute atomic E-state index is 11.5. The molecule has 1 unspecified atom stereocenters. The number of benzene rings is 1. The Labute approximate surface area is 125 Å². The van der Waals surface area contributed by atoms with Gasteiger partial charge in [-0.3, -0.25) is 4.79 Å². The summed E-state index contributed by atoms with van der Waals surface area (Å²) in [5.41, 5.74) is 0.262. The number of likely N-dealkylation sites (tertiary alicyclic amines) is 1. The van der Waals surface area contributed by atoms with Gasteiger partial charge in [0.25, 0.3) is 0 Å². The Hall–Kier alpha value is -1.55. The number of piperidine rings is 1. The first-order valence-electron chi connectivity index (χ1n) is 7.79. The van der Waals surface area contributed by atoms with Crippen LogP contribution in [0.5, 0.6) is 5.75 Å². The Kier molecular flexibility index (Phi) is 3.89. The molecular weight excluding hydrogens is 266 g/mol. The number of rotatable bonds is 4. The molecule has 1 saturated heterocycles. The van der Waals surface area contributed by atoms with Gasteiger partial charge in [-0.15, -0.1) is 0 Å². The highest BCUT2D eigenvalue weighted by Crippen LogP contribution is 2.44. The highest BCUT2D eigenvalue weighted by atomic mass is 16.5. The molecule has 4 nitrogen and oxygen atoms in total. The van der Waals surface area contributed by atoms with E-state index in [0.717, 1.165) is 50.1 Å². The van der Waals surface area contributed by atoms with Gasteiger partial charge in [-0.25, -0.2) is 0 Å². The third kappa shape index (κ3) is 2.77. The van der Waals surface area contributed by atoms with Crippen molar-refractivity contribution in [1.29, 1.82) is 0 Å². The topological polar surface area (TPSA) is 49.8 Å². The van der Waals surface area contributed by atoms with Crippen molar-refractivity contribution >= 4 is 5.97 Å². The average molecular weight is 289 g/mol. The number of carboxylic acids is 1. The fourth-order valence-electron chi connectivity index (χ4n) is 3.42. The Morgan fingerprint density at radius 3 is 2.52 bits per heavy atom. The molecule has 114 valence electrons. The second-order valence-electron chi connectivity index (χ2n) is 6.41. The number of aliphatic carboxylic acids is 1. The van der Waals surface area contributed by atoms with E-state index in [1.807, 2.05) is 24.3 Å². The number of ether oxygens (including phenoxy) is 1. The van der Waals surface area contributed by atoms with Gasteiger partial charge in [0.15, 0.2) is 0 Å². The summed E-state index contributed by atoms with van der Waals surface area (Å²) in [7, 11) is 2.12. The van der Waals surface area contributed by atoms with Crippen molar-refractivity contribution in [2.45, 2.75) is 43.6 Å². The molecule has 3 rings (SSSR count). The fourth-order valence-corrected chi connectivity index (χ4v) is 3.42. The zero-order chi connectivity index (χ0) is 14.9. The van der Waals surface area contributed by atoms with Crippen molar-refractivity contribution in [3.63, 3.8) is 0 Å². The summed E-state index contributed by atoms with van der Waals surface area (Å²) in [4.78, 5) is 13.8. The largest absolute Gasteiger partial charge is 0.489 e. The third-order valence-corrected chi connectivity index (χ3v) is 4.91. The Bertz CT molecular complexity index is 507. The Morgan fingerprint density at radius 2 is 2.00 bits per heavy atom. The number of carboxylic acid groups (broad SMARTS) is 1. The van der Waals surface area contributed by atoms with E-state index < -0.39 is 11.4 Å². The van der Waals surface area contributed by atoms with Crippen molar-refractivity contribution < 1.29 is 14.6 Å². The van der Waals surface area contributed by atoms with Crippen LogP contribution >= 0.6 is 0 Å². The minimum absolute atomic E-state index is 0.242. The van der Waals surface area contributed by atoms with Crippen molar-refractivity contribution in [2.24, 2.45) is 0 Å². The highest BCUT2D eigenvalue weighted by molar-refractivity contribution is 5.82. The van der Waals surface area contributed by atoms with Gasteiger partial charge in [0.05, 0.1) is 5.41 Å². The molecule has 0 bridgehead atoms. The molecule has 2 fully saturated rings. The van der Waals surface area contributed by atoms with E-state index in [-0.39, 0.29) is 6.10 Å². The van der Waals surface area contributed by atoms with Crippen LogP contribution in [0.15, 0.2) is 24.3 Å². The first-order chi connectivity index (χ1) is 10.1. The monoisotopic (exact) mass is 289 g/mol. The van der Waals surface area contributed by atoms with Crippen molar-refractivity contribution in [2.75, 3.05) is 20.1 Å². The summed E-state index contributed by atoms with van der Waals surface area (Å²) < 4.78 is 6.02. The van der Waals surface area contributed by atoms with Crippen LogP contribution < -0.4 is 4.74 Å². The van der Waals surface area contributed by atoms with E-state index in [1.54, 1.807) is 0 Å². The molecule has 21 heavy (non-hydrogen) atoms. The Morgan fingerprint density at radius 1 is 1.29 bits per heavy atom. The number of hydrogen-bond acceptors (Lipinski definition) is 3. The second-order valence-corrected chi connectivity index (χ2v) is 6.41. The molecule has 0 spiro atoms. The van der Waals surface area contributed by atoms with E-state index in [1.165, 1.54) is 6.42 Å². The molecular formula is C17H23NO3. The van der Waals surface area contributed by atoms with Gasteiger partial charge in [0.1, 0.15) is 11.9 Å².